The van der Waals surface area contributed by atoms with Gasteiger partial charge in [0.15, 0.2) is 5.78 Å². The maximum atomic E-state index is 14.8. The lowest BCUT2D eigenvalue weighted by molar-refractivity contribution is -0.156. The van der Waals surface area contributed by atoms with Gasteiger partial charge in [0.05, 0.1) is 58.4 Å². The Balaban J connectivity index is 2.29. The number of Topliss-reactive ketones (excluding diaryl/α,β-unsaturated/α-hetero) is 1. The van der Waals surface area contributed by atoms with Crippen molar-refractivity contribution >= 4 is 124 Å². The van der Waals surface area contributed by atoms with E-state index >= 15 is 0 Å². The normalized spacial score (nSPS) is 21.1. The van der Waals surface area contributed by atoms with E-state index in [0.717, 1.165) is 52.9 Å². The van der Waals surface area contributed by atoms with Gasteiger partial charge in [-0.25, -0.2) is 4.79 Å². The molecule has 0 aliphatic carbocycles. The Labute approximate surface area is 659 Å². The zero-order valence-corrected chi connectivity index (χ0v) is 64.1. The average Bonchev–Trinajstić information content (AvgIpc) is 0.858. The van der Waals surface area contributed by atoms with Crippen LogP contribution < -0.4 is 91.1 Å². The number of nitrogens with two attached hydrogens (primary N) is 3. The Kier molecular flexibility index (Phi) is 41.9. The molecule has 0 spiro atoms. The minimum absolute atomic E-state index is 0.0232. The fourth-order valence-corrected chi connectivity index (χ4v) is 11.3. The van der Waals surface area contributed by atoms with E-state index in [1.54, 1.807) is 31.2 Å². The van der Waals surface area contributed by atoms with Crippen molar-refractivity contribution in [3.05, 3.63) is 59.7 Å². The van der Waals surface area contributed by atoms with Crippen LogP contribution in [0.25, 0.3) is 0 Å². The number of para-hydroxylation sites is 1. The minimum atomic E-state index is -2.45. The summed E-state index contributed by atoms with van der Waals surface area (Å²) >= 11 is 0. The number of nitrogens with one attached hydrogen (secondary N) is 13. The second-order valence-electron chi connectivity index (χ2n) is 27.0. The highest BCUT2D eigenvalue weighted by Crippen LogP contribution is 2.19. The van der Waals surface area contributed by atoms with Crippen LogP contribution in [0.1, 0.15) is 153 Å². The predicted molar refractivity (Wildman–Crippen MR) is 400 cm³/mol. The number of carbonyl (C=O) groups excluding carboxylic acids is 16. The summed E-state index contributed by atoms with van der Waals surface area (Å²) in [4.78, 5) is 273. The fraction of sp³-hybridized carbons (Fsp3) is 0.556. The number of ether oxygens (including phenoxy) is 2. The Bertz CT molecular complexity index is 3810. The van der Waals surface area contributed by atoms with Gasteiger partial charge in [0.25, 0.3) is 0 Å². The molecule has 43 nitrogen and oxygen atoms in total. The summed E-state index contributed by atoms with van der Waals surface area (Å²) in [5.41, 5.74) is 17.4. The van der Waals surface area contributed by atoms with Gasteiger partial charge in [-0.15, -0.1) is 0 Å². The van der Waals surface area contributed by atoms with Gasteiger partial charge in [-0.05, 0) is 82.3 Å². The van der Waals surface area contributed by atoms with Crippen LogP contribution in [0.3, 0.4) is 0 Å². The monoisotopic (exact) mass is 1620 g/mol. The van der Waals surface area contributed by atoms with Gasteiger partial charge in [-0.1, -0.05) is 76.6 Å². The van der Waals surface area contributed by atoms with Crippen LogP contribution in [-0.4, -0.2) is 249 Å². The number of aliphatic hydroxyl groups is 1. The van der Waals surface area contributed by atoms with Crippen molar-refractivity contribution in [2.24, 2.45) is 17.4 Å². The molecule has 14 amide bonds. The molecule has 0 aromatic heterocycles. The van der Waals surface area contributed by atoms with E-state index in [-0.39, 0.29) is 37.1 Å². The molecule has 0 unspecified atom stereocenters. The summed E-state index contributed by atoms with van der Waals surface area (Å²) in [5, 5.41) is 77.9. The number of hydrogen-bond donors (Lipinski definition) is 21. The molecule has 1 aliphatic heterocycles. The SMILES string of the molecule is CCCCCCCCCC(=O)N[C@@H](Cc1ccc(OCC)cc1)C(=O)N[C@@H](CC(N)=O)C(=O)N[C@@H](CC(=O)O)C(=O)N[C@@H]1C(=O)NCC(=O)N[C@@H](CCCN)C(=O)N[C@@H](CC(=O)O)C(=O)N[C@H](C)C(=O)N[C@@H](CC(=O)O)C(=O)NCC(=O)N[C@H](CO)C(=O)N[C@@H]([C@@H](C)CC(=O)O)C(=O)N[C@@H](CC(=O)c2ccccc2N)C(=O)O[C@@H]1C. The molecule has 634 valence electrons. The molecule has 1 heterocycles. The molecule has 1 fully saturated rings. The highest BCUT2D eigenvalue weighted by molar-refractivity contribution is 6.05. The number of benzene rings is 2. The standard InChI is InChI=1S/C72H104N16O27/c1-6-8-9-10-11-12-13-20-53(92)80-44(27-39-21-23-40(24-22-39)114-7-2)66(107)83-45(29-52(75)91)67(108)85-48(32-59(101)102)68(109)88-61-38(5)115-72(113)49(28-51(90)41-17-14-15-18-42(41)74)86-71(112)60(36(3)26-56(95)96)87-69(110)50(35-89)81-55(94)33-76-63(104)46(30-57(97)98)82-62(103)37(4)78-65(106)47(31-58(99)100)84-64(105)43(19-16-25-73)79-54(93)34-77-70(61)111/h14-15,17-18,21-24,36-38,43-50,60-61,89H,6-13,16,19-20,25-35,73-74H2,1-5H3,(H2,75,91)(H,76,104)(H,77,111)(H,78,106)(H,79,93)(H,80,92)(H,81,94)(H,82,103)(H,83,107)(H,84,105)(H,85,108)(H,86,112)(H,87,110)(H,88,109)(H,95,96)(H,97,98)(H,99,100)(H,101,102)/t36-,37+,38+,43-,44-,45-,46-,47-,48-,49-,50+,60-,61-/m0/s1. The number of anilines is 1. The molecular weight excluding hydrogens is 1520 g/mol. The maximum absolute atomic E-state index is 14.8. The average molecular weight is 1630 g/mol. The van der Waals surface area contributed by atoms with Gasteiger partial charge in [0, 0.05) is 30.5 Å². The molecule has 0 radical (unpaired) electrons. The number of rotatable bonds is 37. The highest BCUT2D eigenvalue weighted by Gasteiger charge is 2.41. The van der Waals surface area contributed by atoms with Crippen molar-refractivity contribution in [2.45, 2.75) is 216 Å². The summed E-state index contributed by atoms with van der Waals surface area (Å²) in [7, 11) is 0. The third-order valence-corrected chi connectivity index (χ3v) is 17.4. The first-order valence-electron chi connectivity index (χ1n) is 36.9. The number of ketones is 1. The first-order chi connectivity index (χ1) is 54.3. The first-order valence-corrected chi connectivity index (χ1v) is 36.9. The Hall–Kier alpha value is -12.4. The zero-order chi connectivity index (χ0) is 86.2. The Morgan fingerprint density at radius 1 is 0.548 bits per heavy atom. The van der Waals surface area contributed by atoms with Crippen LogP contribution in [0, 0.1) is 5.92 Å². The summed E-state index contributed by atoms with van der Waals surface area (Å²) in [5.74, 6) is -29.3. The molecule has 43 heteroatoms. The Morgan fingerprint density at radius 3 is 1.64 bits per heavy atom. The van der Waals surface area contributed by atoms with Gasteiger partial charge in [0.2, 0.25) is 82.7 Å². The number of unbranched alkanes of at least 4 members (excludes halogenated alkanes) is 6. The third-order valence-electron chi connectivity index (χ3n) is 17.4. The molecule has 1 aliphatic rings. The lowest BCUT2D eigenvalue weighted by atomic mass is 9.96. The van der Waals surface area contributed by atoms with Crippen LogP contribution in [0.15, 0.2) is 48.5 Å². The van der Waals surface area contributed by atoms with Gasteiger partial charge in [0.1, 0.15) is 78.3 Å². The number of hydrogen-bond acceptors (Lipinski definition) is 25. The summed E-state index contributed by atoms with van der Waals surface area (Å²) < 4.78 is 11.2. The third kappa shape index (κ3) is 35.4. The van der Waals surface area contributed by atoms with Crippen LogP contribution in [-0.2, 0) is 102 Å². The van der Waals surface area contributed by atoms with Crippen molar-refractivity contribution in [2.75, 3.05) is 38.6 Å². The molecule has 0 bridgehead atoms. The molecular formula is C72H104N16O27. The number of nitrogen functional groups attached to an aromatic ring is 1. The van der Waals surface area contributed by atoms with E-state index in [0.29, 0.717) is 30.8 Å². The summed E-state index contributed by atoms with van der Waals surface area (Å²) in [6, 6.07) is -11.1. The number of carboxylic acids is 4. The van der Waals surface area contributed by atoms with Crippen molar-refractivity contribution in [3.8, 4) is 5.75 Å². The number of carboxylic acid groups (broad SMARTS) is 4. The molecule has 115 heavy (non-hydrogen) atoms. The van der Waals surface area contributed by atoms with Crippen LogP contribution in [0.5, 0.6) is 5.75 Å². The molecule has 2 aromatic carbocycles. The fourth-order valence-electron chi connectivity index (χ4n) is 11.3. The topological polar surface area (TPSA) is 695 Å². The smallest absolute Gasteiger partial charge is 0.329 e. The molecule has 1 saturated heterocycles. The predicted octanol–water partition coefficient (Wildman–Crippen LogP) is -5.70. The van der Waals surface area contributed by atoms with E-state index < -0.39 is 261 Å². The molecule has 24 N–H and O–H groups in total. The largest absolute Gasteiger partial charge is 0.494 e. The number of aliphatic hydroxyl groups excluding tert-OH is 1. The van der Waals surface area contributed by atoms with E-state index in [2.05, 4.69) is 60.1 Å². The summed E-state index contributed by atoms with van der Waals surface area (Å²) in [6.45, 7) is 3.16. The number of cyclic esters (lactones) is 1. The zero-order valence-electron chi connectivity index (χ0n) is 64.1. The minimum Gasteiger partial charge on any atom is -0.494 e. The van der Waals surface area contributed by atoms with Gasteiger partial charge in [-0.2, -0.15) is 0 Å². The van der Waals surface area contributed by atoms with E-state index in [9.17, 15) is 121 Å². The summed E-state index contributed by atoms with van der Waals surface area (Å²) in [6.07, 6.45) is -3.96. The highest BCUT2D eigenvalue weighted by atomic mass is 16.5. The molecule has 3 rings (SSSR count). The number of amides is 14. The second kappa shape index (κ2) is 49.8. The lowest BCUT2D eigenvalue weighted by Crippen LogP contribution is -2.62. The molecule has 2 aromatic rings. The van der Waals surface area contributed by atoms with Gasteiger partial charge >= 0.3 is 29.8 Å². The second-order valence-corrected chi connectivity index (χ2v) is 27.0. The molecule has 13 atom stereocenters. The quantitative estimate of drug-likeness (QED) is 0.0130. The van der Waals surface area contributed by atoms with Crippen LogP contribution in [0.2, 0.25) is 0 Å². The number of aliphatic carboxylic acids is 4. The lowest BCUT2D eigenvalue weighted by Gasteiger charge is -2.30. The van der Waals surface area contributed by atoms with Gasteiger partial charge < -0.3 is 121 Å². The van der Waals surface area contributed by atoms with Crippen LogP contribution >= 0.6 is 0 Å². The Morgan fingerprint density at radius 2 is 1.08 bits per heavy atom. The van der Waals surface area contributed by atoms with Crippen molar-refractivity contribution in [1.82, 2.24) is 69.1 Å². The van der Waals surface area contributed by atoms with E-state index in [4.69, 9.17) is 26.7 Å². The van der Waals surface area contributed by atoms with Crippen LogP contribution in [0.4, 0.5) is 5.69 Å². The first kappa shape index (κ1) is 96.8. The molecule has 0 saturated carbocycles. The van der Waals surface area contributed by atoms with E-state index in [1.807, 2.05) is 16.0 Å². The number of esters is 1. The van der Waals surface area contributed by atoms with Crippen molar-refractivity contribution in [1.29, 1.82) is 0 Å². The van der Waals surface area contributed by atoms with Crippen molar-refractivity contribution < 1.29 is 131 Å². The van der Waals surface area contributed by atoms with Crippen molar-refractivity contribution in [3.63, 3.8) is 0 Å². The van der Waals surface area contributed by atoms with Gasteiger partial charge in [-0.3, -0.25) is 91.1 Å². The maximum Gasteiger partial charge on any atom is 0.329 e. The number of carbonyl (C=O) groups is 20. The van der Waals surface area contributed by atoms with E-state index in [1.165, 1.54) is 24.3 Å². The number of primary amides is 1.